The average molecular weight is 296 g/mol. The molecule has 1 aliphatic rings. The van der Waals surface area contributed by atoms with E-state index in [1.807, 2.05) is 0 Å². The van der Waals surface area contributed by atoms with Gasteiger partial charge < -0.3 is 0 Å². The Morgan fingerprint density at radius 1 is 1.25 bits per heavy atom. The minimum Gasteiger partial charge on any atom is -0.0883 e. The molecule has 12 heavy (non-hydrogen) atoms. The number of hydrogen-bond donors (Lipinski definition) is 0. The average Bonchev–Trinajstić information content (AvgIpc) is 2.15. The van der Waals surface area contributed by atoms with Crippen LogP contribution in [-0.2, 0) is 0 Å². The molecule has 1 rings (SSSR count). The lowest BCUT2D eigenvalue weighted by molar-refractivity contribution is 0.370. The highest BCUT2D eigenvalue weighted by Gasteiger charge is 2.18. The first-order chi connectivity index (χ1) is 5.84. The Kier molecular flexibility index (Phi) is 5.57. The van der Waals surface area contributed by atoms with E-state index in [2.05, 4.69) is 44.0 Å². The molecule has 0 aromatic carbocycles. The first kappa shape index (κ1) is 10.8. The van der Waals surface area contributed by atoms with Crippen molar-refractivity contribution >= 4 is 31.9 Å². The molecular formula is C10H16Br2. The molecule has 2 heteroatoms. The van der Waals surface area contributed by atoms with Gasteiger partial charge in [0, 0.05) is 10.2 Å². The Morgan fingerprint density at radius 2 is 1.92 bits per heavy atom. The third-order valence-corrected chi connectivity index (χ3v) is 3.94. The molecule has 0 bridgehead atoms. The van der Waals surface area contributed by atoms with Crippen LogP contribution in [0.2, 0.25) is 0 Å². The minimum absolute atomic E-state index is 0.607. The molecule has 70 valence electrons. The Balaban J connectivity index is 2.29. The molecule has 0 saturated heterocycles. The van der Waals surface area contributed by atoms with E-state index < -0.39 is 0 Å². The molecule has 1 fully saturated rings. The van der Waals surface area contributed by atoms with Crippen molar-refractivity contribution in [1.29, 1.82) is 0 Å². The maximum atomic E-state index is 3.73. The van der Waals surface area contributed by atoms with E-state index in [-0.39, 0.29) is 0 Å². The SMILES string of the molecule is BrCC=CC(Br)C1CCCCC1. The van der Waals surface area contributed by atoms with Crippen LogP contribution < -0.4 is 0 Å². The quantitative estimate of drug-likeness (QED) is 0.538. The van der Waals surface area contributed by atoms with Crippen LogP contribution in [0.25, 0.3) is 0 Å². The summed E-state index contributed by atoms with van der Waals surface area (Å²) in [6.07, 6.45) is 11.6. The zero-order chi connectivity index (χ0) is 8.81. The lowest BCUT2D eigenvalue weighted by Crippen LogP contribution is -2.15. The molecule has 0 radical (unpaired) electrons. The van der Waals surface area contributed by atoms with Crippen molar-refractivity contribution in [2.24, 2.45) is 5.92 Å². The first-order valence-corrected chi connectivity index (χ1v) is 6.75. The highest BCUT2D eigenvalue weighted by atomic mass is 79.9. The van der Waals surface area contributed by atoms with Gasteiger partial charge in [-0.15, -0.1) is 0 Å². The molecular weight excluding hydrogens is 280 g/mol. The van der Waals surface area contributed by atoms with Gasteiger partial charge in [-0.3, -0.25) is 0 Å². The van der Waals surface area contributed by atoms with Crippen LogP contribution in [0.4, 0.5) is 0 Å². The van der Waals surface area contributed by atoms with Crippen LogP contribution in [0.1, 0.15) is 32.1 Å². The Morgan fingerprint density at radius 3 is 2.50 bits per heavy atom. The van der Waals surface area contributed by atoms with Crippen LogP contribution in [-0.4, -0.2) is 10.2 Å². The Bertz CT molecular complexity index is 137. The van der Waals surface area contributed by atoms with E-state index in [1.54, 1.807) is 0 Å². The maximum absolute atomic E-state index is 3.73. The van der Waals surface area contributed by atoms with E-state index in [1.165, 1.54) is 32.1 Å². The van der Waals surface area contributed by atoms with Crippen LogP contribution in [0.3, 0.4) is 0 Å². The summed E-state index contributed by atoms with van der Waals surface area (Å²) in [6.45, 7) is 0. The summed E-state index contributed by atoms with van der Waals surface area (Å²) in [4.78, 5) is 0.607. The van der Waals surface area contributed by atoms with E-state index in [0.29, 0.717) is 4.83 Å². The standard InChI is InChI=1S/C10H16Br2/c11-8-4-7-10(12)9-5-2-1-3-6-9/h4,7,9-10H,1-3,5-6,8H2. The summed E-state index contributed by atoms with van der Waals surface area (Å²) >= 11 is 7.13. The lowest BCUT2D eigenvalue weighted by atomic mass is 9.87. The summed E-state index contributed by atoms with van der Waals surface area (Å²) in [6, 6.07) is 0. The van der Waals surface area contributed by atoms with Gasteiger partial charge in [0.2, 0.25) is 0 Å². The molecule has 0 heterocycles. The van der Waals surface area contributed by atoms with Gasteiger partial charge in [0.05, 0.1) is 0 Å². The fourth-order valence-electron chi connectivity index (χ4n) is 1.79. The van der Waals surface area contributed by atoms with E-state index >= 15 is 0 Å². The fraction of sp³-hybridized carbons (Fsp3) is 0.800. The van der Waals surface area contributed by atoms with E-state index in [4.69, 9.17) is 0 Å². The third kappa shape index (κ3) is 3.61. The molecule has 1 atom stereocenters. The molecule has 0 amide bonds. The molecule has 0 spiro atoms. The molecule has 1 saturated carbocycles. The number of allylic oxidation sites excluding steroid dienone is 2. The number of alkyl halides is 2. The van der Waals surface area contributed by atoms with Crippen molar-refractivity contribution in [2.45, 2.75) is 36.9 Å². The second-order valence-corrected chi connectivity index (χ2v) is 5.13. The zero-order valence-corrected chi connectivity index (χ0v) is 10.5. The van der Waals surface area contributed by atoms with Crippen LogP contribution in [0, 0.1) is 5.92 Å². The van der Waals surface area contributed by atoms with Gasteiger partial charge in [-0.05, 0) is 18.8 Å². The Hall–Kier alpha value is 0.700. The second-order valence-electron chi connectivity index (χ2n) is 3.42. The largest absolute Gasteiger partial charge is 0.0883 e. The summed E-state index contributed by atoms with van der Waals surface area (Å²) in [5.74, 6) is 0.883. The molecule has 0 aromatic heterocycles. The first-order valence-electron chi connectivity index (χ1n) is 4.71. The minimum atomic E-state index is 0.607. The second kappa shape index (κ2) is 6.20. The highest BCUT2D eigenvalue weighted by Crippen LogP contribution is 2.30. The van der Waals surface area contributed by atoms with Crippen molar-refractivity contribution in [1.82, 2.24) is 0 Å². The van der Waals surface area contributed by atoms with Gasteiger partial charge in [0.25, 0.3) is 0 Å². The van der Waals surface area contributed by atoms with Crippen LogP contribution in [0.5, 0.6) is 0 Å². The molecule has 0 N–H and O–H groups in total. The van der Waals surface area contributed by atoms with Crippen molar-refractivity contribution in [3.05, 3.63) is 12.2 Å². The lowest BCUT2D eigenvalue weighted by Gasteiger charge is -2.24. The molecule has 0 aliphatic heterocycles. The topological polar surface area (TPSA) is 0 Å². The van der Waals surface area contributed by atoms with Crippen LogP contribution >= 0.6 is 31.9 Å². The van der Waals surface area contributed by atoms with Crippen LogP contribution in [0.15, 0.2) is 12.2 Å². The molecule has 1 aliphatic carbocycles. The molecule has 1 unspecified atom stereocenters. The monoisotopic (exact) mass is 294 g/mol. The van der Waals surface area contributed by atoms with Gasteiger partial charge in [-0.25, -0.2) is 0 Å². The highest BCUT2D eigenvalue weighted by molar-refractivity contribution is 9.09. The third-order valence-electron chi connectivity index (χ3n) is 2.51. The number of halogens is 2. The Labute approximate surface area is 92.1 Å². The van der Waals surface area contributed by atoms with Crippen molar-refractivity contribution in [2.75, 3.05) is 5.33 Å². The van der Waals surface area contributed by atoms with E-state index in [0.717, 1.165) is 11.2 Å². The fourth-order valence-corrected chi connectivity index (χ4v) is 2.75. The van der Waals surface area contributed by atoms with Crippen molar-refractivity contribution < 1.29 is 0 Å². The van der Waals surface area contributed by atoms with Crippen molar-refractivity contribution in [3.8, 4) is 0 Å². The van der Waals surface area contributed by atoms with Gasteiger partial charge >= 0.3 is 0 Å². The smallest absolute Gasteiger partial charge is 0.0353 e. The maximum Gasteiger partial charge on any atom is 0.0353 e. The molecule has 0 nitrogen and oxygen atoms in total. The van der Waals surface area contributed by atoms with Gasteiger partial charge in [0.15, 0.2) is 0 Å². The number of hydrogen-bond acceptors (Lipinski definition) is 0. The van der Waals surface area contributed by atoms with Gasteiger partial charge in [-0.2, -0.15) is 0 Å². The summed E-state index contributed by atoms with van der Waals surface area (Å²) in [7, 11) is 0. The van der Waals surface area contributed by atoms with Gasteiger partial charge in [-0.1, -0.05) is 63.3 Å². The van der Waals surface area contributed by atoms with Crippen molar-refractivity contribution in [3.63, 3.8) is 0 Å². The number of rotatable bonds is 3. The van der Waals surface area contributed by atoms with E-state index in [9.17, 15) is 0 Å². The zero-order valence-electron chi connectivity index (χ0n) is 7.31. The molecule has 0 aromatic rings. The predicted molar refractivity (Wildman–Crippen MR) is 62.2 cm³/mol. The normalized spacial score (nSPS) is 23.2. The summed E-state index contributed by atoms with van der Waals surface area (Å²) < 4.78 is 0. The summed E-state index contributed by atoms with van der Waals surface area (Å²) in [5.41, 5.74) is 0. The summed E-state index contributed by atoms with van der Waals surface area (Å²) in [5, 5.41) is 0.974. The predicted octanol–water partition coefficient (Wildman–Crippen LogP) is 4.28. The van der Waals surface area contributed by atoms with Gasteiger partial charge in [0.1, 0.15) is 0 Å².